The molecule has 96 valence electrons. The summed E-state index contributed by atoms with van der Waals surface area (Å²) in [5, 5.41) is 13.9. The Balaban J connectivity index is 2.43. The summed E-state index contributed by atoms with van der Waals surface area (Å²) in [6.07, 6.45) is 5.14. The molecule has 1 rings (SSSR count). The van der Waals surface area contributed by atoms with E-state index in [0.717, 1.165) is 22.3 Å². The van der Waals surface area contributed by atoms with E-state index in [1.54, 1.807) is 17.8 Å². The number of hydrogen-bond acceptors (Lipinski definition) is 4. The Bertz CT molecular complexity index is 460. The summed E-state index contributed by atoms with van der Waals surface area (Å²) in [6.45, 7) is 1.43. The zero-order valence-corrected chi connectivity index (χ0v) is 12.1. The van der Waals surface area contributed by atoms with E-state index in [4.69, 9.17) is 6.42 Å². The predicted octanol–water partition coefficient (Wildman–Crippen LogP) is 2.81. The largest absolute Gasteiger partial charge is 0.312 e. The fraction of sp³-hybridized carbons (Fsp3) is 0.333. The first-order valence-electron chi connectivity index (χ1n) is 5.29. The number of halogens is 1. The van der Waals surface area contributed by atoms with Crippen LogP contribution in [0.15, 0.2) is 22.7 Å². The Morgan fingerprint density at radius 2 is 2.28 bits per heavy atom. The van der Waals surface area contributed by atoms with Crippen LogP contribution in [-0.2, 0) is 6.54 Å². The normalized spacial score (nSPS) is 10.0. The zero-order chi connectivity index (χ0) is 13.4. The SMILES string of the molecule is C#CCSCCNCc1cc(Br)cc([N+](=O)[O-])c1. The molecular formula is C12H13BrN2O2S. The van der Waals surface area contributed by atoms with Crippen molar-refractivity contribution in [1.29, 1.82) is 0 Å². The molecule has 0 aliphatic heterocycles. The van der Waals surface area contributed by atoms with Crippen molar-refractivity contribution < 1.29 is 4.92 Å². The van der Waals surface area contributed by atoms with Crippen molar-refractivity contribution in [3.63, 3.8) is 0 Å². The monoisotopic (exact) mass is 328 g/mol. The number of rotatable bonds is 7. The summed E-state index contributed by atoms with van der Waals surface area (Å²) in [6, 6.07) is 4.94. The minimum Gasteiger partial charge on any atom is -0.312 e. The molecule has 0 radical (unpaired) electrons. The summed E-state index contributed by atoms with van der Waals surface area (Å²) < 4.78 is 0.718. The van der Waals surface area contributed by atoms with Gasteiger partial charge in [0.05, 0.1) is 10.7 Å². The summed E-state index contributed by atoms with van der Waals surface area (Å²) in [7, 11) is 0. The number of terminal acetylenes is 1. The van der Waals surface area contributed by atoms with Crippen molar-refractivity contribution in [3.05, 3.63) is 38.3 Å². The van der Waals surface area contributed by atoms with Gasteiger partial charge in [0, 0.05) is 35.4 Å². The number of hydrogen-bond donors (Lipinski definition) is 1. The maximum Gasteiger partial charge on any atom is 0.270 e. The zero-order valence-electron chi connectivity index (χ0n) is 9.69. The van der Waals surface area contributed by atoms with E-state index in [1.165, 1.54) is 6.07 Å². The molecule has 1 N–H and O–H groups in total. The molecule has 1 aromatic rings. The van der Waals surface area contributed by atoms with Crippen LogP contribution in [-0.4, -0.2) is 23.0 Å². The van der Waals surface area contributed by atoms with Crippen LogP contribution in [0, 0.1) is 22.5 Å². The summed E-state index contributed by atoms with van der Waals surface area (Å²) >= 11 is 4.95. The number of non-ortho nitro benzene ring substituents is 1. The van der Waals surface area contributed by atoms with Gasteiger partial charge in [-0.05, 0) is 11.6 Å². The Kier molecular flexibility index (Phi) is 6.80. The first-order valence-corrected chi connectivity index (χ1v) is 7.24. The Morgan fingerprint density at radius 3 is 2.94 bits per heavy atom. The second-order valence-electron chi connectivity index (χ2n) is 3.51. The highest BCUT2D eigenvalue weighted by atomic mass is 79.9. The van der Waals surface area contributed by atoms with Gasteiger partial charge in [0.15, 0.2) is 0 Å². The van der Waals surface area contributed by atoms with Gasteiger partial charge in [0.1, 0.15) is 0 Å². The van der Waals surface area contributed by atoms with Gasteiger partial charge in [-0.15, -0.1) is 18.2 Å². The van der Waals surface area contributed by atoms with E-state index < -0.39 is 4.92 Å². The molecule has 0 fully saturated rings. The quantitative estimate of drug-likeness (QED) is 0.362. The van der Waals surface area contributed by atoms with Crippen LogP contribution < -0.4 is 5.32 Å². The van der Waals surface area contributed by atoms with Gasteiger partial charge in [-0.1, -0.05) is 21.9 Å². The van der Waals surface area contributed by atoms with Gasteiger partial charge in [-0.3, -0.25) is 10.1 Å². The standard InChI is InChI=1S/C12H13BrN2O2S/c1-2-4-18-5-3-14-9-10-6-11(13)8-12(7-10)15(16)17/h1,6-8,14H,3-5,9H2. The lowest BCUT2D eigenvalue weighted by Gasteiger charge is -2.05. The fourth-order valence-electron chi connectivity index (χ4n) is 1.35. The van der Waals surface area contributed by atoms with Gasteiger partial charge in [-0.25, -0.2) is 0 Å². The Morgan fingerprint density at radius 1 is 1.50 bits per heavy atom. The molecule has 0 atom stereocenters. The van der Waals surface area contributed by atoms with Crippen molar-refractivity contribution in [2.24, 2.45) is 0 Å². The number of nitrogens with zero attached hydrogens (tertiary/aromatic N) is 1. The van der Waals surface area contributed by atoms with Crippen LogP contribution in [0.4, 0.5) is 5.69 Å². The summed E-state index contributed by atoms with van der Waals surface area (Å²) in [5.74, 6) is 4.20. The van der Waals surface area contributed by atoms with E-state index in [9.17, 15) is 10.1 Å². The Labute approximate surface area is 119 Å². The van der Waals surface area contributed by atoms with Crippen molar-refractivity contribution in [3.8, 4) is 12.3 Å². The molecule has 0 aliphatic rings. The van der Waals surface area contributed by atoms with Gasteiger partial charge in [-0.2, -0.15) is 0 Å². The number of nitro benzene ring substituents is 1. The van der Waals surface area contributed by atoms with E-state index in [0.29, 0.717) is 12.3 Å². The third-order valence-corrected chi connectivity index (χ3v) is 3.41. The first-order chi connectivity index (χ1) is 8.63. The molecule has 0 amide bonds. The van der Waals surface area contributed by atoms with Gasteiger partial charge in [0.25, 0.3) is 5.69 Å². The van der Waals surface area contributed by atoms with Crippen LogP contribution in [0.5, 0.6) is 0 Å². The van der Waals surface area contributed by atoms with Crippen LogP contribution >= 0.6 is 27.7 Å². The average molecular weight is 329 g/mol. The highest BCUT2D eigenvalue weighted by Gasteiger charge is 2.08. The van der Waals surface area contributed by atoms with Crippen LogP contribution in [0.2, 0.25) is 0 Å². The van der Waals surface area contributed by atoms with E-state index in [1.807, 2.05) is 6.07 Å². The smallest absolute Gasteiger partial charge is 0.270 e. The minimum absolute atomic E-state index is 0.0999. The van der Waals surface area contributed by atoms with Gasteiger partial charge < -0.3 is 5.32 Å². The predicted molar refractivity (Wildman–Crippen MR) is 78.7 cm³/mol. The van der Waals surface area contributed by atoms with Crippen molar-refractivity contribution in [2.75, 3.05) is 18.1 Å². The fourth-order valence-corrected chi connectivity index (χ4v) is 2.43. The second-order valence-corrected chi connectivity index (χ2v) is 5.53. The van der Waals surface area contributed by atoms with Gasteiger partial charge >= 0.3 is 0 Å². The van der Waals surface area contributed by atoms with Crippen molar-refractivity contribution >= 4 is 33.4 Å². The third kappa shape index (κ3) is 5.54. The molecule has 0 aliphatic carbocycles. The number of thioether (sulfide) groups is 1. The molecule has 0 bridgehead atoms. The van der Waals surface area contributed by atoms with E-state index >= 15 is 0 Å². The highest BCUT2D eigenvalue weighted by molar-refractivity contribution is 9.10. The molecule has 4 nitrogen and oxygen atoms in total. The lowest BCUT2D eigenvalue weighted by molar-refractivity contribution is -0.385. The molecule has 18 heavy (non-hydrogen) atoms. The molecule has 1 aromatic carbocycles. The molecule has 0 saturated heterocycles. The summed E-state index contributed by atoms with van der Waals surface area (Å²) in [5.41, 5.74) is 0.987. The number of nitrogens with one attached hydrogen (secondary N) is 1. The van der Waals surface area contributed by atoms with Crippen molar-refractivity contribution in [1.82, 2.24) is 5.32 Å². The van der Waals surface area contributed by atoms with Crippen LogP contribution in [0.1, 0.15) is 5.56 Å². The summed E-state index contributed by atoms with van der Waals surface area (Å²) in [4.78, 5) is 10.3. The minimum atomic E-state index is -0.392. The lowest BCUT2D eigenvalue weighted by atomic mass is 10.2. The topological polar surface area (TPSA) is 55.2 Å². The maximum absolute atomic E-state index is 10.7. The molecule has 0 unspecified atom stereocenters. The maximum atomic E-state index is 10.7. The Hall–Kier alpha value is -1.03. The van der Waals surface area contributed by atoms with Crippen LogP contribution in [0.3, 0.4) is 0 Å². The van der Waals surface area contributed by atoms with Crippen LogP contribution in [0.25, 0.3) is 0 Å². The molecule has 0 heterocycles. The second kappa shape index (κ2) is 8.14. The molecule has 6 heteroatoms. The van der Waals surface area contributed by atoms with E-state index in [-0.39, 0.29) is 5.69 Å². The van der Waals surface area contributed by atoms with Crippen molar-refractivity contribution in [2.45, 2.75) is 6.54 Å². The molecule has 0 saturated carbocycles. The molecule has 0 aromatic heterocycles. The van der Waals surface area contributed by atoms with Gasteiger partial charge in [0.2, 0.25) is 0 Å². The third-order valence-electron chi connectivity index (χ3n) is 2.09. The number of benzene rings is 1. The average Bonchev–Trinajstić information content (AvgIpc) is 2.33. The lowest BCUT2D eigenvalue weighted by Crippen LogP contribution is -2.16. The molecular weight excluding hydrogens is 316 g/mol. The highest BCUT2D eigenvalue weighted by Crippen LogP contribution is 2.21. The molecule has 0 spiro atoms. The number of nitro groups is 1. The first kappa shape index (κ1) is 15.0. The van der Waals surface area contributed by atoms with E-state index in [2.05, 4.69) is 27.2 Å².